The van der Waals surface area contributed by atoms with Crippen LogP contribution < -0.4 is 0 Å². The number of carbonyl (C=O) groups is 1. The maximum Gasteiger partial charge on any atom is 0.273 e. The van der Waals surface area contributed by atoms with Gasteiger partial charge < -0.3 is 10.0 Å². The second-order valence-electron chi connectivity index (χ2n) is 4.52. The van der Waals surface area contributed by atoms with Gasteiger partial charge in [0.15, 0.2) is 0 Å². The minimum Gasteiger partial charge on any atom is -0.395 e. The van der Waals surface area contributed by atoms with Gasteiger partial charge in [0, 0.05) is 29.8 Å². The van der Waals surface area contributed by atoms with E-state index in [2.05, 4.69) is 0 Å². The van der Waals surface area contributed by atoms with Crippen molar-refractivity contribution in [1.29, 1.82) is 0 Å². The van der Waals surface area contributed by atoms with Crippen molar-refractivity contribution in [3.63, 3.8) is 0 Å². The molecule has 0 heterocycles. The largest absolute Gasteiger partial charge is 0.395 e. The number of aliphatic hydroxyl groups is 1. The van der Waals surface area contributed by atoms with Crippen molar-refractivity contribution in [2.75, 3.05) is 13.2 Å². The van der Waals surface area contributed by atoms with Crippen molar-refractivity contribution >= 4 is 11.6 Å². The molecule has 0 fully saturated rings. The Morgan fingerprint density at radius 3 is 2.58 bits per heavy atom. The second kappa shape index (κ2) is 6.29. The van der Waals surface area contributed by atoms with Gasteiger partial charge in [-0.15, -0.1) is 0 Å². The zero-order valence-electron chi connectivity index (χ0n) is 11.3. The van der Waals surface area contributed by atoms with Crippen LogP contribution in [0.25, 0.3) is 0 Å². The van der Waals surface area contributed by atoms with E-state index in [0.29, 0.717) is 11.1 Å². The molecule has 0 atom stereocenters. The molecule has 0 spiro atoms. The molecule has 0 unspecified atom stereocenters. The molecule has 0 aliphatic rings. The molecule has 0 saturated carbocycles. The van der Waals surface area contributed by atoms with E-state index in [1.807, 2.05) is 13.8 Å². The van der Waals surface area contributed by atoms with Gasteiger partial charge in [-0.05, 0) is 26.8 Å². The average Bonchev–Trinajstić information content (AvgIpc) is 2.34. The molecular formula is C13H18N2O4. The number of hydrogen-bond acceptors (Lipinski definition) is 4. The molecule has 1 aromatic carbocycles. The summed E-state index contributed by atoms with van der Waals surface area (Å²) in [6.07, 6.45) is 0. The first-order chi connectivity index (χ1) is 8.90. The quantitative estimate of drug-likeness (QED) is 0.650. The third kappa shape index (κ3) is 3.29. The Labute approximate surface area is 111 Å². The Morgan fingerprint density at radius 1 is 1.47 bits per heavy atom. The summed E-state index contributed by atoms with van der Waals surface area (Å²) in [4.78, 5) is 24.2. The number of nitro benzene ring substituents is 1. The molecule has 0 saturated heterocycles. The van der Waals surface area contributed by atoms with Gasteiger partial charge in [-0.1, -0.05) is 6.07 Å². The molecule has 1 aromatic rings. The number of carbonyl (C=O) groups excluding carboxylic acids is 1. The van der Waals surface area contributed by atoms with E-state index in [1.54, 1.807) is 13.0 Å². The van der Waals surface area contributed by atoms with Gasteiger partial charge in [0.25, 0.3) is 11.6 Å². The monoisotopic (exact) mass is 266 g/mol. The molecule has 0 aromatic heterocycles. The number of hydrogen-bond donors (Lipinski definition) is 1. The molecule has 6 heteroatoms. The summed E-state index contributed by atoms with van der Waals surface area (Å²) in [6.45, 7) is 5.29. The van der Waals surface area contributed by atoms with Crippen molar-refractivity contribution in [3.05, 3.63) is 39.4 Å². The molecular weight excluding hydrogens is 248 g/mol. The summed E-state index contributed by atoms with van der Waals surface area (Å²) < 4.78 is 0. The van der Waals surface area contributed by atoms with Crippen LogP contribution in [-0.2, 0) is 0 Å². The Kier molecular flexibility index (Phi) is 5.00. The van der Waals surface area contributed by atoms with Gasteiger partial charge in [-0.25, -0.2) is 0 Å². The molecule has 0 aliphatic carbocycles. The maximum absolute atomic E-state index is 12.4. The van der Waals surface area contributed by atoms with Gasteiger partial charge in [0.1, 0.15) is 0 Å². The minimum atomic E-state index is -0.502. The Morgan fingerprint density at radius 2 is 2.11 bits per heavy atom. The average molecular weight is 266 g/mol. The number of nitro groups is 1. The van der Waals surface area contributed by atoms with Crippen LogP contribution in [0.2, 0.25) is 0 Å². The first-order valence-corrected chi connectivity index (χ1v) is 6.06. The summed E-state index contributed by atoms with van der Waals surface area (Å²) in [5.41, 5.74) is 0.580. The summed E-state index contributed by atoms with van der Waals surface area (Å²) in [7, 11) is 0. The Bertz CT molecular complexity index is 486. The van der Waals surface area contributed by atoms with Gasteiger partial charge in [-0.2, -0.15) is 0 Å². The second-order valence-corrected chi connectivity index (χ2v) is 4.52. The Hall–Kier alpha value is -1.95. The third-order valence-corrected chi connectivity index (χ3v) is 2.96. The molecule has 0 bridgehead atoms. The van der Waals surface area contributed by atoms with Gasteiger partial charge >= 0.3 is 0 Å². The van der Waals surface area contributed by atoms with E-state index in [0.717, 1.165) is 0 Å². The van der Waals surface area contributed by atoms with E-state index in [9.17, 15) is 14.9 Å². The van der Waals surface area contributed by atoms with E-state index in [4.69, 9.17) is 5.11 Å². The van der Waals surface area contributed by atoms with E-state index in [1.165, 1.54) is 17.0 Å². The Balaban J connectivity index is 3.18. The molecule has 19 heavy (non-hydrogen) atoms. The summed E-state index contributed by atoms with van der Waals surface area (Å²) in [6, 6.07) is 4.35. The summed E-state index contributed by atoms with van der Waals surface area (Å²) >= 11 is 0. The number of nitrogens with zero attached hydrogens (tertiary/aromatic N) is 2. The fraction of sp³-hybridized carbons (Fsp3) is 0.462. The van der Waals surface area contributed by atoms with Crippen molar-refractivity contribution in [1.82, 2.24) is 4.90 Å². The van der Waals surface area contributed by atoms with Crippen molar-refractivity contribution in [2.45, 2.75) is 26.8 Å². The van der Waals surface area contributed by atoms with E-state index >= 15 is 0 Å². The highest BCUT2D eigenvalue weighted by molar-refractivity contribution is 5.96. The lowest BCUT2D eigenvalue weighted by Crippen LogP contribution is -2.39. The van der Waals surface area contributed by atoms with Crippen molar-refractivity contribution in [2.24, 2.45) is 0 Å². The van der Waals surface area contributed by atoms with Crippen LogP contribution in [0.4, 0.5) is 5.69 Å². The summed E-state index contributed by atoms with van der Waals surface area (Å²) in [5, 5.41) is 19.9. The van der Waals surface area contributed by atoms with Gasteiger partial charge in [0.2, 0.25) is 0 Å². The number of benzene rings is 1. The zero-order valence-corrected chi connectivity index (χ0v) is 11.3. The van der Waals surface area contributed by atoms with Gasteiger partial charge in [0.05, 0.1) is 11.5 Å². The SMILES string of the molecule is Cc1c(C(=O)N(CCO)C(C)C)cccc1[N+](=O)[O-]. The number of amides is 1. The van der Waals surface area contributed by atoms with Gasteiger partial charge in [-0.3, -0.25) is 14.9 Å². The van der Waals surface area contributed by atoms with Crippen LogP contribution >= 0.6 is 0 Å². The van der Waals surface area contributed by atoms with Crippen LogP contribution in [0.3, 0.4) is 0 Å². The highest BCUT2D eigenvalue weighted by Gasteiger charge is 2.23. The van der Waals surface area contributed by atoms with Crippen LogP contribution in [-0.4, -0.2) is 40.0 Å². The van der Waals surface area contributed by atoms with E-state index in [-0.39, 0.29) is 30.8 Å². The lowest BCUT2D eigenvalue weighted by molar-refractivity contribution is -0.385. The molecule has 0 radical (unpaired) electrons. The highest BCUT2D eigenvalue weighted by atomic mass is 16.6. The first kappa shape index (κ1) is 15.1. The normalized spacial score (nSPS) is 10.6. The molecule has 6 nitrogen and oxygen atoms in total. The minimum absolute atomic E-state index is 0.0708. The molecule has 1 amide bonds. The van der Waals surface area contributed by atoms with Crippen LogP contribution in [0.5, 0.6) is 0 Å². The summed E-state index contributed by atoms with van der Waals surface area (Å²) in [5.74, 6) is -0.301. The smallest absolute Gasteiger partial charge is 0.273 e. The fourth-order valence-corrected chi connectivity index (χ4v) is 1.91. The van der Waals surface area contributed by atoms with Crippen molar-refractivity contribution < 1.29 is 14.8 Å². The lowest BCUT2D eigenvalue weighted by Gasteiger charge is -2.26. The predicted molar refractivity (Wildman–Crippen MR) is 71.1 cm³/mol. The number of rotatable bonds is 5. The topological polar surface area (TPSA) is 83.7 Å². The molecule has 1 rings (SSSR count). The van der Waals surface area contributed by atoms with Crippen LogP contribution in [0, 0.1) is 17.0 Å². The van der Waals surface area contributed by atoms with Crippen molar-refractivity contribution in [3.8, 4) is 0 Å². The van der Waals surface area contributed by atoms with Crippen LogP contribution in [0.1, 0.15) is 29.8 Å². The standard InChI is InChI=1S/C13H18N2O4/c1-9(2)14(7-8-16)13(17)11-5-4-6-12(10(11)3)15(18)19/h4-6,9,16H,7-8H2,1-3H3. The molecule has 104 valence electrons. The lowest BCUT2D eigenvalue weighted by atomic mass is 10.0. The zero-order chi connectivity index (χ0) is 14.6. The fourth-order valence-electron chi connectivity index (χ4n) is 1.91. The maximum atomic E-state index is 12.4. The highest BCUT2D eigenvalue weighted by Crippen LogP contribution is 2.22. The first-order valence-electron chi connectivity index (χ1n) is 6.06. The van der Waals surface area contributed by atoms with Crippen LogP contribution in [0.15, 0.2) is 18.2 Å². The number of aliphatic hydroxyl groups excluding tert-OH is 1. The van der Waals surface area contributed by atoms with E-state index < -0.39 is 4.92 Å². The molecule has 0 aliphatic heterocycles. The molecule has 1 N–H and O–H groups in total. The predicted octanol–water partition coefficient (Wildman–Crippen LogP) is 1.75. The third-order valence-electron chi connectivity index (χ3n) is 2.96.